The van der Waals surface area contributed by atoms with Gasteiger partial charge in [-0.25, -0.2) is 0 Å². The molecule has 1 unspecified atom stereocenters. The Balaban J connectivity index is 2.64. The monoisotopic (exact) mass is 220 g/mol. The SMILES string of the molecule is CCc1ccc(NC(C)CC(C)C)cc1N. The maximum Gasteiger partial charge on any atom is 0.0367 e. The van der Waals surface area contributed by atoms with Crippen LogP contribution in [-0.4, -0.2) is 6.04 Å². The van der Waals surface area contributed by atoms with Gasteiger partial charge in [-0.2, -0.15) is 0 Å². The molecule has 2 nitrogen and oxygen atoms in total. The quantitative estimate of drug-likeness (QED) is 0.743. The van der Waals surface area contributed by atoms with Gasteiger partial charge in [-0.1, -0.05) is 26.8 Å². The summed E-state index contributed by atoms with van der Waals surface area (Å²) in [7, 11) is 0. The normalized spacial score (nSPS) is 12.8. The average molecular weight is 220 g/mol. The van der Waals surface area contributed by atoms with E-state index in [2.05, 4.69) is 45.1 Å². The summed E-state index contributed by atoms with van der Waals surface area (Å²) in [5, 5.41) is 3.49. The van der Waals surface area contributed by atoms with Gasteiger partial charge in [0.05, 0.1) is 0 Å². The van der Waals surface area contributed by atoms with Gasteiger partial charge in [0, 0.05) is 17.4 Å². The minimum Gasteiger partial charge on any atom is -0.398 e. The van der Waals surface area contributed by atoms with Gasteiger partial charge in [-0.05, 0) is 43.4 Å². The Morgan fingerprint density at radius 3 is 2.44 bits per heavy atom. The van der Waals surface area contributed by atoms with E-state index in [-0.39, 0.29) is 0 Å². The molecule has 1 rings (SSSR count). The Morgan fingerprint density at radius 2 is 1.94 bits per heavy atom. The van der Waals surface area contributed by atoms with Crippen LogP contribution in [0.15, 0.2) is 18.2 Å². The molecule has 0 radical (unpaired) electrons. The molecule has 2 heteroatoms. The molecule has 3 N–H and O–H groups in total. The Bertz CT molecular complexity index is 332. The largest absolute Gasteiger partial charge is 0.398 e. The predicted molar refractivity (Wildman–Crippen MR) is 72.8 cm³/mol. The van der Waals surface area contributed by atoms with Crippen LogP contribution in [0.3, 0.4) is 0 Å². The topological polar surface area (TPSA) is 38.0 Å². The van der Waals surface area contributed by atoms with Crippen LogP contribution in [0.2, 0.25) is 0 Å². The van der Waals surface area contributed by atoms with Crippen molar-refractivity contribution in [2.45, 2.75) is 46.6 Å². The minimum atomic E-state index is 0.492. The number of aryl methyl sites for hydroxylation is 1. The molecule has 0 heterocycles. The fraction of sp³-hybridized carbons (Fsp3) is 0.571. The third kappa shape index (κ3) is 3.76. The van der Waals surface area contributed by atoms with Crippen molar-refractivity contribution in [3.63, 3.8) is 0 Å². The zero-order chi connectivity index (χ0) is 12.1. The Kier molecular flexibility index (Phi) is 4.66. The van der Waals surface area contributed by atoms with Gasteiger partial charge < -0.3 is 11.1 Å². The first-order chi connectivity index (χ1) is 7.52. The highest BCUT2D eigenvalue weighted by Gasteiger charge is 2.05. The summed E-state index contributed by atoms with van der Waals surface area (Å²) in [5.41, 5.74) is 9.21. The molecule has 0 aliphatic rings. The number of nitrogens with two attached hydrogens (primary N) is 1. The predicted octanol–water partition coefficient (Wildman–Crippen LogP) is 3.68. The second-order valence-corrected chi connectivity index (χ2v) is 4.94. The van der Waals surface area contributed by atoms with E-state index in [9.17, 15) is 0 Å². The lowest BCUT2D eigenvalue weighted by atomic mass is 10.0. The first-order valence-electron chi connectivity index (χ1n) is 6.17. The number of nitrogens with one attached hydrogen (secondary N) is 1. The summed E-state index contributed by atoms with van der Waals surface area (Å²) in [6.07, 6.45) is 2.17. The molecule has 0 aliphatic carbocycles. The Hall–Kier alpha value is -1.18. The van der Waals surface area contributed by atoms with Crippen molar-refractivity contribution in [2.24, 2.45) is 5.92 Å². The fourth-order valence-corrected chi connectivity index (χ4v) is 2.06. The van der Waals surface area contributed by atoms with Crippen molar-refractivity contribution in [3.8, 4) is 0 Å². The summed E-state index contributed by atoms with van der Waals surface area (Å²) < 4.78 is 0. The summed E-state index contributed by atoms with van der Waals surface area (Å²) in [5.74, 6) is 0.717. The molecule has 0 fully saturated rings. The average Bonchev–Trinajstić information content (AvgIpc) is 2.16. The molecular formula is C14H24N2. The highest BCUT2D eigenvalue weighted by Crippen LogP contribution is 2.20. The highest BCUT2D eigenvalue weighted by atomic mass is 14.9. The molecule has 0 aliphatic heterocycles. The van der Waals surface area contributed by atoms with E-state index >= 15 is 0 Å². The minimum absolute atomic E-state index is 0.492. The van der Waals surface area contributed by atoms with Gasteiger partial charge in [0.25, 0.3) is 0 Å². The van der Waals surface area contributed by atoms with E-state index in [1.165, 1.54) is 12.0 Å². The standard InChI is InChI=1S/C14H24N2/c1-5-12-6-7-13(9-14(12)15)16-11(4)8-10(2)3/h6-7,9-11,16H,5,8,15H2,1-4H3. The molecular weight excluding hydrogens is 196 g/mol. The molecule has 0 saturated carbocycles. The van der Waals surface area contributed by atoms with E-state index in [1.807, 2.05) is 6.07 Å². The lowest BCUT2D eigenvalue weighted by molar-refractivity contribution is 0.540. The van der Waals surface area contributed by atoms with Gasteiger partial charge in [-0.3, -0.25) is 0 Å². The number of hydrogen-bond donors (Lipinski definition) is 2. The first kappa shape index (κ1) is 12.9. The van der Waals surface area contributed by atoms with Crippen LogP contribution in [0, 0.1) is 5.92 Å². The molecule has 0 aromatic heterocycles. The molecule has 1 aromatic rings. The Morgan fingerprint density at radius 1 is 1.25 bits per heavy atom. The fourth-order valence-electron chi connectivity index (χ4n) is 2.06. The van der Waals surface area contributed by atoms with Crippen LogP contribution < -0.4 is 11.1 Å². The summed E-state index contributed by atoms with van der Waals surface area (Å²) in [4.78, 5) is 0. The maximum atomic E-state index is 5.97. The van der Waals surface area contributed by atoms with Gasteiger partial charge >= 0.3 is 0 Å². The molecule has 0 spiro atoms. The second kappa shape index (κ2) is 5.78. The first-order valence-corrected chi connectivity index (χ1v) is 6.17. The number of nitrogen functional groups attached to an aromatic ring is 1. The lowest BCUT2D eigenvalue weighted by Gasteiger charge is -2.18. The van der Waals surface area contributed by atoms with Crippen LogP contribution in [0.4, 0.5) is 11.4 Å². The van der Waals surface area contributed by atoms with Crippen molar-refractivity contribution >= 4 is 11.4 Å². The summed E-state index contributed by atoms with van der Waals surface area (Å²) >= 11 is 0. The number of benzene rings is 1. The molecule has 0 saturated heterocycles. The molecule has 0 amide bonds. The van der Waals surface area contributed by atoms with E-state index in [0.29, 0.717) is 6.04 Å². The van der Waals surface area contributed by atoms with Gasteiger partial charge in [-0.15, -0.1) is 0 Å². The smallest absolute Gasteiger partial charge is 0.0367 e. The third-order valence-electron chi connectivity index (χ3n) is 2.76. The van der Waals surface area contributed by atoms with Crippen LogP contribution in [-0.2, 0) is 6.42 Å². The Labute approximate surface area is 99.2 Å². The number of rotatable bonds is 5. The van der Waals surface area contributed by atoms with Gasteiger partial charge in [0.15, 0.2) is 0 Å². The second-order valence-electron chi connectivity index (χ2n) is 4.94. The van der Waals surface area contributed by atoms with Crippen LogP contribution >= 0.6 is 0 Å². The van der Waals surface area contributed by atoms with E-state index < -0.39 is 0 Å². The van der Waals surface area contributed by atoms with Crippen LogP contribution in [0.25, 0.3) is 0 Å². The van der Waals surface area contributed by atoms with E-state index in [1.54, 1.807) is 0 Å². The van der Waals surface area contributed by atoms with Crippen molar-refractivity contribution < 1.29 is 0 Å². The van der Waals surface area contributed by atoms with Crippen LogP contribution in [0.1, 0.15) is 39.7 Å². The zero-order valence-electron chi connectivity index (χ0n) is 10.9. The highest BCUT2D eigenvalue weighted by molar-refractivity contribution is 5.59. The number of anilines is 2. The maximum absolute atomic E-state index is 5.97. The molecule has 16 heavy (non-hydrogen) atoms. The summed E-state index contributed by atoms with van der Waals surface area (Å²) in [6, 6.07) is 6.76. The molecule has 90 valence electrons. The van der Waals surface area contributed by atoms with E-state index in [0.717, 1.165) is 23.7 Å². The zero-order valence-corrected chi connectivity index (χ0v) is 10.9. The lowest BCUT2D eigenvalue weighted by Crippen LogP contribution is -2.17. The van der Waals surface area contributed by atoms with Gasteiger partial charge in [0.2, 0.25) is 0 Å². The number of hydrogen-bond acceptors (Lipinski definition) is 2. The molecule has 0 bridgehead atoms. The van der Waals surface area contributed by atoms with Crippen LogP contribution in [0.5, 0.6) is 0 Å². The van der Waals surface area contributed by atoms with E-state index in [4.69, 9.17) is 5.73 Å². The van der Waals surface area contributed by atoms with Crippen molar-refractivity contribution in [3.05, 3.63) is 23.8 Å². The van der Waals surface area contributed by atoms with Crippen molar-refractivity contribution in [1.29, 1.82) is 0 Å². The van der Waals surface area contributed by atoms with Crippen molar-refractivity contribution in [1.82, 2.24) is 0 Å². The molecule has 1 aromatic carbocycles. The molecule has 1 atom stereocenters. The van der Waals surface area contributed by atoms with Gasteiger partial charge in [0.1, 0.15) is 0 Å². The summed E-state index contributed by atoms with van der Waals surface area (Å²) in [6.45, 7) is 8.82. The third-order valence-corrected chi connectivity index (χ3v) is 2.76. The van der Waals surface area contributed by atoms with Crippen molar-refractivity contribution in [2.75, 3.05) is 11.1 Å².